The van der Waals surface area contributed by atoms with E-state index in [1.165, 1.54) is 6.07 Å². The van der Waals surface area contributed by atoms with E-state index in [9.17, 15) is 4.39 Å². The van der Waals surface area contributed by atoms with Crippen molar-refractivity contribution in [3.8, 4) is 28.6 Å². The van der Waals surface area contributed by atoms with Crippen molar-refractivity contribution in [2.45, 2.75) is 20.3 Å². The summed E-state index contributed by atoms with van der Waals surface area (Å²) >= 11 is 0. The molecule has 0 aliphatic rings. The predicted molar refractivity (Wildman–Crippen MR) is 98.1 cm³/mol. The Hall–Kier alpha value is -3.55. The molecule has 0 unspecified atom stereocenters. The van der Waals surface area contributed by atoms with Gasteiger partial charge in [0.05, 0.1) is 6.61 Å². The Morgan fingerprint density at radius 1 is 1.04 bits per heavy atom. The van der Waals surface area contributed by atoms with Gasteiger partial charge in [0.25, 0.3) is 0 Å². The highest BCUT2D eigenvalue weighted by atomic mass is 19.1. The maximum absolute atomic E-state index is 13.7. The molecule has 4 rings (SSSR count). The molecule has 2 aromatic heterocycles. The molecule has 142 valence electrons. The highest BCUT2D eigenvalue weighted by molar-refractivity contribution is 5.57. The van der Waals surface area contributed by atoms with Gasteiger partial charge < -0.3 is 13.7 Å². The zero-order valence-electron chi connectivity index (χ0n) is 15.3. The first-order valence-corrected chi connectivity index (χ1v) is 8.77. The van der Waals surface area contributed by atoms with Gasteiger partial charge in [0, 0.05) is 11.1 Å². The Morgan fingerprint density at radius 2 is 1.93 bits per heavy atom. The number of nitrogens with zero attached hydrogens (tertiary/aromatic N) is 4. The molecule has 8 heteroatoms. The van der Waals surface area contributed by atoms with Gasteiger partial charge in [-0.25, -0.2) is 4.39 Å². The molecular weight excluding hydrogens is 363 g/mol. The fraction of sp³-hybridized carbons (Fsp3) is 0.200. The number of aromatic nitrogens is 4. The van der Waals surface area contributed by atoms with E-state index in [0.29, 0.717) is 35.3 Å². The van der Waals surface area contributed by atoms with Crippen LogP contribution in [0.2, 0.25) is 0 Å². The van der Waals surface area contributed by atoms with E-state index in [4.69, 9.17) is 13.7 Å². The van der Waals surface area contributed by atoms with Gasteiger partial charge in [-0.1, -0.05) is 23.4 Å². The summed E-state index contributed by atoms with van der Waals surface area (Å²) in [5.74, 6) is 1.72. The van der Waals surface area contributed by atoms with Crippen molar-refractivity contribution in [3.63, 3.8) is 0 Å². The quantitative estimate of drug-likeness (QED) is 0.495. The highest BCUT2D eigenvalue weighted by Crippen LogP contribution is 2.23. The minimum Gasteiger partial charge on any atom is -0.494 e. The van der Waals surface area contributed by atoms with E-state index in [1.54, 1.807) is 19.1 Å². The van der Waals surface area contributed by atoms with E-state index in [2.05, 4.69) is 20.3 Å². The second-order valence-electron chi connectivity index (χ2n) is 6.11. The highest BCUT2D eigenvalue weighted by Gasteiger charge is 2.15. The summed E-state index contributed by atoms with van der Waals surface area (Å²) in [6, 6.07) is 12.2. The first kappa shape index (κ1) is 17.8. The number of aryl methyl sites for hydroxylation is 1. The van der Waals surface area contributed by atoms with Crippen molar-refractivity contribution in [2.24, 2.45) is 0 Å². The molecule has 0 aliphatic carbocycles. The van der Waals surface area contributed by atoms with Crippen LogP contribution in [0.5, 0.6) is 5.75 Å². The zero-order valence-corrected chi connectivity index (χ0v) is 15.3. The van der Waals surface area contributed by atoms with Crippen LogP contribution in [-0.2, 0) is 6.42 Å². The third-order valence-corrected chi connectivity index (χ3v) is 4.06. The summed E-state index contributed by atoms with van der Waals surface area (Å²) in [6.07, 6.45) is 0.180. The Morgan fingerprint density at radius 3 is 2.75 bits per heavy atom. The van der Waals surface area contributed by atoms with Crippen molar-refractivity contribution in [1.82, 2.24) is 20.3 Å². The summed E-state index contributed by atoms with van der Waals surface area (Å²) in [5.41, 5.74) is 1.85. The molecule has 0 N–H and O–H groups in total. The molecule has 0 spiro atoms. The van der Waals surface area contributed by atoms with Crippen LogP contribution in [0.15, 0.2) is 51.4 Å². The summed E-state index contributed by atoms with van der Waals surface area (Å²) in [6.45, 7) is 4.18. The predicted octanol–water partition coefficient (Wildman–Crippen LogP) is 4.22. The SMILES string of the molecule is CCOc1cccc(-c2noc(Cc3nnc(-c4ccc(C)c(F)c4)o3)n2)c1. The Kier molecular flexibility index (Phi) is 4.84. The van der Waals surface area contributed by atoms with Crippen LogP contribution < -0.4 is 4.74 Å². The second-order valence-corrected chi connectivity index (χ2v) is 6.11. The van der Waals surface area contributed by atoms with Crippen LogP contribution in [0.1, 0.15) is 24.3 Å². The van der Waals surface area contributed by atoms with E-state index in [0.717, 1.165) is 11.3 Å². The van der Waals surface area contributed by atoms with Crippen molar-refractivity contribution in [1.29, 1.82) is 0 Å². The summed E-state index contributed by atoms with van der Waals surface area (Å²) in [4.78, 5) is 4.36. The first-order valence-electron chi connectivity index (χ1n) is 8.77. The standard InChI is InChI=1S/C20H17FN4O3/c1-3-26-15-6-4-5-13(9-15)19-22-17(28-25-19)11-18-23-24-20(27-18)14-8-7-12(2)16(21)10-14/h4-10H,3,11H2,1-2H3. The van der Waals surface area contributed by atoms with Gasteiger partial charge in [0.2, 0.25) is 23.5 Å². The number of hydrogen-bond acceptors (Lipinski definition) is 7. The summed E-state index contributed by atoms with van der Waals surface area (Å²) in [5, 5.41) is 11.9. The lowest BCUT2D eigenvalue weighted by Gasteiger charge is -2.02. The minimum absolute atomic E-state index is 0.180. The minimum atomic E-state index is -0.326. The number of hydrogen-bond donors (Lipinski definition) is 0. The first-order chi connectivity index (χ1) is 13.6. The molecule has 0 saturated carbocycles. The lowest BCUT2D eigenvalue weighted by Crippen LogP contribution is -1.92. The Bertz CT molecular complexity index is 1110. The zero-order chi connectivity index (χ0) is 19.5. The average Bonchev–Trinajstić information content (AvgIpc) is 3.35. The van der Waals surface area contributed by atoms with E-state index < -0.39 is 0 Å². The number of benzene rings is 2. The largest absolute Gasteiger partial charge is 0.494 e. The molecule has 4 aromatic rings. The van der Waals surface area contributed by atoms with Gasteiger partial charge in [0.15, 0.2) is 0 Å². The fourth-order valence-corrected chi connectivity index (χ4v) is 2.63. The van der Waals surface area contributed by atoms with Gasteiger partial charge in [-0.15, -0.1) is 10.2 Å². The van der Waals surface area contributed by atoms with Gasteiger partial charge >= 0.3 is 0 Å². The van der Waals surface area contributed by atoms with Crippen molar-refractivity contribution >= 4 is 0 Å². The molecule has 0 saturated heterocycles. The maximum atomic E-state index is 13.7. The molecule has 0 radical (unpaired) electrons. The molecule has 2 aromatic carbocycles. The molecule has 28 heavy (non-hydrogen) atoms. The van der Waals surface area contributed by atoms with E-state index >= 15 is 0 Å². The number of rotatable bonds is 6. The Balaban J connectivity index is 1.51. The third kappa shape index (κ3) is 3.75. The monoisotopic (exact) mass is 380 g/mol. The Labute approximate surface area is 160 Å². The van der Waals surface area contributed by atoms with E-state index in [1.807, 2.05) is 31.2 Å². The lowest BCUT2D eigenvalue weighted by atomic mass is 10.1. The van der Waals surface area contributed by atoms with Crippen LogP contribution in [0.4, 0.5) is 4.39 Å². The second kappa shape index (κ2) is 7.59. The van der Waals surface area contributed by atoms with Crippen molar-refractivity contribution in [3.05, 3.63) is 65.6 Å². The molecule has 0 amide bonds. The van der Waals surface area contributed by atoms with Crippen LogP contribution in [0, 0.1) is 12.7 Å². The molecule has 0 bridgehead atoms. The van der Waals surface area contributed by atoms with E-state index in [-0.39, 0.29) is 18.1 Å². The van der Waals surface area contributed by atoms with Gasteiger partial charge in [-0.05, 0) is 43.7 Å². The van der Waals surface area contributed by atoms with Crippen LogP contribution in [0.25, 0.3) is 22.8 Å². The smallest absolute Gasteiger partial charge is 0.247 e. The van der Waals surface area contributed by atoms with Crippen LogP contribution >= 0.6 is 0 Å². The number of ether oxygens (including phenoxy) is 1. The average molecular weight is 380 g/mol. The molecular formula is C20H17FN4O3. The molecule has 7 nitrogen and oxygen atoms in total. The van der Waals surface area contributed by atoms with Crippen LogP contribution in [-0.4, -0.2) is 26.9 Å². The molecule has 0 aliphatic heterocycles. The normalized spacial score (nSPS) is 11.0. The van der Waals surface area contributed by atoms with Crippen molar-refractivity contribution < 1.29 is 18.1 Å². The molecule has 0 atom stereocenters. The lowest BCUT2D eigenvalue weighted by molar-refractivity contribution is 0.340. The number of halogens is 1. The van der Waals surface area contributed by atoms with Crippen LogP contribution in [0.3, 0.4) is 0 Å². The maximum Gasteiger partial charge on any atom is 0.247 e. The topological polar surface area (TPSA) is 87.1 Å². The molecule has 0 fully saturated rings. The summed E-state index contributed by atoms with van der Waals surface area (Å²) < 4.78 is 30.1. The van der Waals surface area contributed by atoms with Gasteiger partial charge in [0.1, 0.15) is 18.0 Å². The summed E-state index contributed by atoms with van der Waals surface area (Å²) in [7, 11) is 0. The van der Waals surface area contributed by atoms with Gasteiger partial charge in [-0.3, -0.25) is 0 Å². The third-order valence-electron chi connectivity index (χ3n) is 4.06. The van der Waals surface area contributed by atoms with Gasteiger partial charge in [-0.2, -0.15) is 4.98 Å². The fourth-order valence-electron chi connectivity index (χ4n) is 2.63. The molecule has 2 heterocycles. The van der Waals surface area contributed by atoms with Crippen molar-refractivity contribution in [2.75, 3.05) is 6.61 Å².